The third kappa shape index (κ3) is 19.4. The standard InChI is InChI=1S/C12H20.C9H16.C8H14.C8H16.3C7H14.C6H12/c1-2-12-10-4-8-3-9(6-10)7-11(12)5-8;1-2-8-5-7-3-4-9(8)6-7;1-6-4-7-2-3-8(6)5-7;1-2-8-6-4-3-5-7-8;1-7-5-3-2-4-6-7;2*1-2-7-5-3-4-6-7;1-6-4-2-3-5-6/h8-12H,2-7H2,1H3;7-9H,2-6H2,1H3;6-8H,2-5H2,1H3;8H,2-7H2,1H3;3*7H,2-6H2,1H3;6H,2-5H2,1H3/i;;;;2D2,3D2,4D2,5D2,6D2;3D2,4D2,5D2,6D2;;2D2,3D2,4D2,5D2. The molecule has 13 fully saturated rings. The molecule has 376 valence electrons. The molecule has 13 aliphatic carbocycles. The van der Waals surface area contributed by atoms with Crippen LogP contribution in [0.3, 0.4) is 0 Å². The van der Waals surface area contributed by atoms with E-state index in [9.17, 15) is 0 Å². The molecule has 0 aliphatic heterocycles. The molecule has 6 unspecified atom stereocenters. The largest absolute Gasteiger partial charge is 0.0651 e. The van der Waals surface area contributed by atoms with Crippen molar-refractivity contribution < 1.29 is 35.6 Å². The fraction of sp³-hybridized carbons (Fsp3) is 1.00. The topological polar surface area (TPSA) is 0 Å². The molecule has 0 nitrogen and oxygen atoms in total. The average molecular weight is 916 g/mol. The average Bonchev–Trinajstić information content (AvgIpc) is 0.819. The summed E-state index contributed by atoms with van der Waals surface area (Å²) in [5.74, 6) is 10.6. The highest BCUT2D eigenvalue weighted by atomic mass is 14.5. The number of fused-ring (bicyclic) bond motifs is 4. The van der Waals surface area contributed by atoms with Gasteiger partial charge in [0.25, 0.3) is 0 Å². The summed E-state index contributed by atoms with van der Waals surface area (Å²) in [6.07, 6.45) is 3.50. The van der Waals surface area contributed by atoms with Gasteiger partial charge in [0, 0.05) is 35.6 Å². The highest BCUT2D eigenvalue weighted by Crippen LogP contribution is 2.57. The Labute approximate surface area is 441 Å². The molecule has 0 aromatic rings. The molecular formula is C64H120. The SMILES string of the molecule is CC1CC2CCC1C2.CCC1C2CC3CC(C2)CC1C3.CCC1CC2CCC1C2.CCC1CCCC1.CCC1CCCCC1.[2H]C1([2H])C(C)C([2H])([2H])C([2H])([2H])C([2H])([2H])C1([2H])[2H].[2H]C1([2H])C(C)C([2H])([2H])C([2H])([2H])C1([2H])[2H].[2H]C1([2H])C(CC)C([2H])([2H])C([2H])([2H])C1([2H])[2H]. The van der Waals surface area contributed by atoms with Gasteiger partial charge in [-0.15, -0.1) is 0 Å². The molecule has 0 heterocycles. The quantitative estimate of drug-likeness (QED) is 0.258. The van der Waals surface area contributed by atoms with Crippen molar-refractivity contribution in [2.24, 2.45) is 94.7 Å². The predicted octanol–water partition coefficient (Wildman–Crippen LogP) is 21.7. The lowest BCUT2D eigenvalue weighted by atomic mass is 9.51. The van der Waals surface area contributed by atoms with Crippen molar-refractivity contribution in [3.63, 3.8) is 0 Å². The van der Waals surface area contributed by atoms with Crippen molar-refractivity contribution in [1.82, 2.24) is 0 Å². The van der Waals surface area contributed by atoms with E-state index in [1.54, 1.807) is 83.5 Å². The summed E-state index contributed by atoms with van der Waals surface area (Å²) in [5.41, 5.74) is 0. The Hall–Kier alpha value is 0. The predicted molar refractivity (Wildman–Crippen MR) is 286 cm³/mol. The zero-order chi connectivity index (χ0) is 68.8. The Morgan fingerprint density at radius 1 is 0.328 bits per heavy atom. The highest BCUT2D eigenvalue weighted by Gasteiger charge is 2.47. The van der Waals surface area contributed by atoms with Crippen LogP contribution in [-0.4, -0.2) is 0 Å². The third-order valence-electron chi connectivity index (χ3n) is 18.1. The first-order valence-electron chi connectivity index (χ1n) is 41.0. The highest BCUT2D eigenvalue weighted by molar-refractivity contribution is 4.97. The smallest absolute Gasteiger partial charge is 0.0269 e. The molecular weight excluding hydrogens is 769 g/mol. The van der Waals surface area contributed by atoms with Crippen LogP contribution in [0.4, 0.5) is 0 Å². The van der Waals surface area contributed by atoms with E-state index in [4.69, 9.17) is 35.6 Å². The monoisotopic (exact) mass is 915 g/mol. The van der Waals surface area contributed by atoms with Gasteiger partial charge < -0.3 is 0 Å². The Morgan fingerprint density at radius 2 is 0.750 bits per heavy atom. The first-order valence-corrected chi connectivity index (χ1v) is 28.0. The van der Waals surface area contributed by atoms with Gasteiger partial charge in [-0.2, -0.15) is 0 Å². The number of hydrogen-bond donors (Lipinski definition) is 0. The lowest BCUT2D eigenvalue weighted by Crippen LogP contribution is -2.44. The van der Waals surface area contributed by atoms with Gasteiger partial charge >= 0.3 is 0 Å². The summed E-state index contributed by atoms with van der Waals surface area (Å²) in [4.78, 5) is 0. The molecule has 64 heavy (non-hydrogen) atoms. The molecule has 13 saturated carbocycles. The van der Waals surface area contributed by atoms with Crippen LogP contribution in [0.25, 0.3) is 0 Å². The zero-order valence-corrected chi connectivity index (χ0v) is 42.8. The Bertz CT molecular complexity index is 2120. The summed E-state index contributed by atoms with van der Waals surface area (Å²) in [7, 11) is 0. The third-order valence-corrected chi connectivity index (χ3v) is 18.1. The van der Waals surface area contributed by atoms with E-state index in [1.807, 2.05) is 0 Å². The Kier molecular flexibility index (Phi) is 14.0. The van der Waals surface area contributed by atoms with Crippen molar-refractivity contribution in [1.29, 1.82) is 0 Å². The van der Waals surface area contributed by atoms with E-state index in [0.29, 0.717) is 0 Å². The van der Waals surface area contributed by atoms with E-state index in [0.717, 1.165) is 83.9 Å². The van der Waals surface area contributed by atoms with E-state index in [-0.39, 0.29) is 6.42 Å². The van der Waals surface area contributed by atoms with E-state index < -0.39 is 101 Å². The second-order valence-electron chi connectivity index (χ2n) is 22.6. The van der Waals surface area contributed by atoms with Crippen molar-refractivity contribution >= 4 is 0 Å². The minimum Gasteiger partial charge on any atom is -0.0651 e. The second kappa shape index (κ2) is 31.3. The maximum atomic E-state index is 7.57. The maximum absolute atomic E-state index is 7.57. The lowest BCUT2D eigenvalue weighted by molar-refractivity contribution is -0.0376. The molecule has 0 N–H and O–H groups in total. The van der Waals surface area contributed by atoms with E-state index in [2.05, 4.69) is 34.6 Å². The summed E-state index contributed by atoms with van der Waals surface area (Å²) >= 11 is 0. The van der Waals surface area contributed by atoms with Gasteiger partial charge in [0.15, 0.2) is 0 Å². The van der Waals surface area contributed by atoms with Crippen LogP contribution in [0.1, 0.15) is 347 Å². The van der Waals surface area contributed by atoms with Crippen LogP contribution in [0.2, 0.25) is 0 Å². The van der Waals surface area contributed by atoms with Crippen LogP contribution in [-0.2, 0) is 0 Å². The van der Waals surface area contributed by atoms with Gasteiger partial charge in [-0.25, -0.2) is 0 Å². The van der Waals surface area contributed by atoms with Gasteiger partial charge in [-0.05, 0) is 165 Å². The number of rotatable bonds is 5. The van der Waals surface area contributed by atoms with Gasteiger partial charge in [0.2, 0.25) is 0 Å². The van der Waals surface area contributed by atoms with Crippen molar-refractivity contribution in [3.05, 3.63) is 0 Å². The van der Waals surface area contributed by atoms with Crippen molar-refractivity contribution in [2.75, 3.05) is 0 Å². The Morgan fingerprint density at radius 3 is 1.05 bits per heavy atom. The fourth-order valence-corrected chi connectivity index (χ4v) is 14.3. The van der Waals surface area contributed by atoms with Gasteiger partial charge in [0.05, 0.1) is 0 Å². The molecule has 0 radical (unpaired) electrons. The molecule has 13 rings (SSSR count). The second-order valence-corrected chi connectivity index (χ2v) is 22.6. The van der Waals surface area contributed by atoms with Gasteiger partial charge in [-0.1, -0.05) is 241 Å². The maximum Gasteiger partial charge on any atom is 0.0269 e. The van der Waals surface area contributed by atoms with Gasteiger partial charge in [0.1, 0.15) is 0 Å². The van der Waals surface area contributed by atoms with Crippen LogP contribution in [0.15, 0.2) is 0 Å². The molecule has 0 aromatic carbocycles. The number of hydrogen-bond acceptors (Lipinski definition) is 0. The van der Waals surface area contributed by atoms with E-state index >= 15 is 0 Å². The fourth-order valence-electron chi connectivity index (χ4n) is 14.3. The molecule has 0 spiro atoms. The summed E-state index contributed by atoms with van der Waals surface area (Å²) < 4.78 is 194. The van der Waals surface area contributed by atoms with Crippen LogP contribution in [0.5, 0.6) is 0 Å². The van der Waals surface area contributed by atoms with E-state index in [1.165, 1.54) is 97.3 Å². The Balaban J connectivity index is 0.000000190. The van der Waals surface area contributed by atoms with Crippen LogP contribution >= 0.6 is 0 Å². The normalized spacial score (nSPS) is 53.5. The molecule has 13 aliphatic rings. The van der Waals surface area contributed by atoms with Crippen LogP contribution < -0.4 is 0 Å². The summed E-state index contributed by atoms with van der Waals surface area (Å²) in [6.45, 7) is 15.6. The first kappa shape index (κ1) is 28.7. The molecule has 0 saturated heterocycles. The minimum absolute atomic E-state index is 0.0685. The molecule has 0 aromatic heterocycles. The van der Waals surface area contributed by atoms with Crippen molar-refractivity contribution in [2.45, 2.75) is 312 Å². The molecule has 6 atom stereocenters. The summed E-state index contributed by atoms with van der Waals surface area (Å²) in [5, 5.41) is 0. The van der Waals surface area contributed by atoms with Gasteiger partial charge in [-0.3, -0.25) is 0 Å². The molecule has 8 bridgehead atoms. The molecule has 0 heteroatoms. The minimum atomic E-state index is -3.26. The lowest BCUT2D eigenvalue weighted by Gasteiger charge is -2.54. The zero-order valence-electron chi connectivity index (χ0n) is 68.8. The first-order chi connectivity index (χ1) is 41.0. The van der Waals surface area contributed by atoms with Crippen molar-refractivity contribution in [3.8, 4) is 0 Å². The van der Waals surface area contributed by atoms with Crippen LogP contribution in [0, 0.1) is 94.7 Å². The summed E-state index contributed by atoms with van der Waals surface area (Å²) in [6, 6.07) is 0. The molecule has 0 amide bonds.